The molecule has 2 aromatic rings. The number of esters is 1. The molecule has 0 bridgehead atoms. The van der Waals surface area contributed by atoms with Crippen molar-refractivity contribution in [1.29, 1.82) is 0 Å². The maximum absolute atomic E-state index is 13.4. The third-order valence-electron chi connectivity index (χ3n) is 4.65. The molecule has 1 aromatic heterocycles. The van der Waals surface area contributed by atoms with Gasteiger partial charge in [-0.1, -0.05) is 17.7 Å². The van der Waals surface area contributed by atoms with Crippen LogP contribution in [0.15, 0.2) is 40.1 Å². The van der Waals surface area contributed by atoms with Gasteiger partial charge in [-0.3, -0.25) is 0 Å². The largest absolute Gasteiger partial charge is 0.572 e. The third-order valence-corrected chi connectivity index (χ3v) is 7.69. The van der Waals surface area contributed by atoms with Gasteiger partial charge in [-0.05, 0) is 37.6 Å². The van der Waals surface area contributed by atoms with Gasteiger partial charge in [0.1, 0.15) is 26.6 Å². The number of nitrogens with one attached hydrogen (secondary N) is 1. The van der Waals surface area contributed by atoms with Crippen LogP contribution in [-0.4, -0.2) is 34.6 Å². The Morgan fingerprint density at radius 2 is 2.14 bits per heavy atom. The number of benzene rings is 1. The molecule has 6 nitrogen and oxygen atoms in total. The zero-order chi connectivity index (χ0) is 21.2. The Morgan fingerprint density at radius 3 is 2.79 bits per heavy atom. The molecule has 0 amide bonds. The number of hydrogen-bond acceptors (Lipinski definition) is 5. The van der Waals surface area contributed by atoms with E-state index in [1.807, 2.05) is 13.8 Å². The molecule has 0 spiro atoms. The molecule has 0 saturated carbocycles. The highest BCUT2D eigenvalue weighted by Gasteiger charge is 2.32. The lowest BCUT2D eigenvalue weighted by molar-refractivity contribution is -0.909. The number of thiophene rings is 1. The SMILES string of the molecule is COC(=O)c1c(S(=O)(=O)[N-]c2cccc(F)c2)sc2c1CC[NH+](CC=C(C)C)C2. The number of ether oxygens (including phenoxy) is 1. The predicted octanol–water partition coefficient (Wildman–Crippen LogP) is 2.98. The topological polar surface area (TPSA) is 79.0 Å². The van der Waals surface area contributed by atoms with Crippen LogP contribution in [0.5, 0.6) is 0 Å². The molecule has 0 saturated heterocycles. The van der Waals surface area contributed by atoms with Gasteiger partial charge in [-0.25, -0.2) is 17.6 Å². The lowest BCUT2D eigenvalue weighted by atomic mass is 10.0. The van der Waals surface area contributed by atoms with E-state index in [-0.39, 0.29) is 15.5 Å². The van der Waals surface area contributed by atoms with Crippen molar-refractivity contribution in [2.24, 2.45) is 0 Å². The van der Waals surface area contributed by atoms with E-state index < -0.39 is 21.8 Å². The number of sulfonamides is 1. The minimum Gasteiger partial charge on any atom is -0.572 e. The second-order valence-electron chi connectivity index (χ2n) is 7.12. The van der Waals surface area contributed by atoms with Crippen molar-refractivity contribution in [1.82, 2.24) is 0 Å². The summed E-state index contributed by atoms with van der Waals surface area (Å²) in [5, 5.41) is 0. The zero-order valence-electron chi connectivity index (χ0n) is 16.5. The summed E-state index contributed by atoms with van der Waals surface area (Å²) in [5.74, 6) is -1.28. The van der Waals surface area contributed by atoms with Crippen LogP contribution in [0.4, 0.5) is 10.1 Å². The molecular weight excluding hydrogens is 415 g/mol. The van der Waals surface area contributed by atoms with Gasteiger partial charge in [0.2, 0.25) is 0 Å². The van der Waals surface area contributed by atoms with Crippen LogP contribution in [0.25, 0.3) is 4.72 Å². The fraction of sp³-hybridized carbons (Fsp3) is 0.350. The molecule has 0 fully saturated rings. The minimum absolute atomic E-state index is 0.0250. The Kier molecular flexibility index (Phi) is 6.40. The molecule has 156 valence electrons. The van der Waals surface area contributed by atoms with Gasteiger partial charge in [0, 0.05) is 6.42 Å². The number of halogens is 1. The first-order chi connectivity index (χ1) is 13.7. The number of nitrogens with zero attached hydrogens (tertiary/aromatic N) is 1. The van der Waals surface area contributed by atoms with E-state index in [4.69, 9.17) is 4.74 Å². The molecule has 2 heterocycles. The average molecular weight is 439 g/mol. The standard InChI is InChI=1S/C20H22FN2O4S2/c1-13(2)7-9-23-10-8-16-17(12-23)28-20(18(16)19(24)27-3)29(25,26)22-15-6-4-5-14(21)11-15/h4-7,11H,8-10,12H2,1-3H3/q-1/p+1. The van der Waals surface area contributed by atoms with Crippen LogP contribution in [-0.2, 0) is 27.7 Å². The van der Waals surface area contributed by atoms with E-state index in [0.717, 1.165) is 40.9 Å². The molecule has 1 aliphatic rings. The van der Waals surface area contributed by atoms with Crippen molar-refractivity contribution in [3.8, 4) is 0 Å². The van der Waals surface area contributed by atoms with Gasteiger partial charge in [0.25, 0.3) is 0 Å². The number of hydrogen-bond donors (Lipinski definition) is 1. The summed E-state index contributed by atoms with van der Waals surface area (Å²) in [6.07, 6.45) is 2.73. The third kappa shape index (κ3) is 4.85. The normalized spacial score (nSPS) is 16.1. The van der Waals surface area contributed by atoms with Gasteiger partial charge in [-0.15, -0.1) is 17.0 Å². The number of quaternary nitrogens is 1. The molecule has 1 aliphatic heterocycles. The summed E-state index contributed by atoms with van der Waals surface area (Å²) in [6, 6.07) is 5.03. The number of carbonyl (C=O) groups excluding carboxylic acids is 1. The van der Waals surface area contributed by atoms with Gasteiger partial charge >= 0.3 is 5.97 Å². The monoisotopic (exact) mass is 438 g/mol. The van der Waals surface area contributed by atoms with Crippen molar-refractivity contribution < 1.29 is 27.2 Å². The van der Waals surface area contributed by atoms with E-state index in [0.29, 0.717) is 13.0 Å². The predicted molar refractivity (Wildman–Crippen MR) is 110 cm³/mol. The minimum atomic E-state index is -4.20. The molecule has 1 atom stereocenters. The molecule has 1 aromatic carbocycles. The average Bonchev–Trinajstić information content (AvgIpc) is 3.05. The second-order valence-corrected chi connectivity index (χ2v) is 10.0. The Bertz CT molecular complexity index is 1060. The van der Waals surface area contributed by atoms with E-state index in [1.165, 1.54) is 35.8 Å². The quantitative estimate of drug-likeness (QED) is 0.556. The van der Waals surface area contributed by atoms with Gasteiger partial charge < -0.3 is 14.4 Å². The van der Waals surface area contributed by atoms with Gasteiger partial charge in [-0.2, -0.15) is 0 Å². The molecule has 1 unspecified atom stereocenters. The molecule has 29 heavy (non-hydrogen) atoms. The summed E-state index contributed by atoms with van der Waals surface area (Å²) >= 11 is 1.06. The van der Waals surface area contributed by atoms with Crippen molar-refractivity contribution >= 4 is 33.0 Å². The summed E-state index contributed by atoms with van der Waals surface area (Å²) < 4.78 is 47.8. The highest BCUT2D eigenvalue weighted by atomic mass is 32.2. The Balaban J connectivity index is 1.98. The van der Waals surface area contributed by atoms with E-state index in [9.17, 15) is 17.6 Å². The van der Waals surface area contributed by atoms with Crippen molar-refractivity contribution in [3.63, 3.8) is 0 Å². The summed E-state index contributed by atoms with van der Waals surface area (Å²) in [5.41, 5.74) is 1.98. The van der Waals surface area contributed by atoms with E-state index >= 15 is 0 Å². The van der Waals surface area contributed by atoms with Crippen LogP contribution in [0, 0.1) is 5.82 Å². The van der Waals surface area contributed by atoms with E-state index in [2.05, 4.69) is 10.8 Å². The maximum Gasteiger partial charge on any atom is 0.340 e. The zero-order valence-corrected chi connectivity index (χ0v) is 18.1. The Hall–Kier alpha value is -2.23. The maximum atomic E-state index is 13.4. The molecule has 0 aliphatic carbocycles. The van der Waals surface area contributed by atoms with Crippen LogP contribution < -0.4 is 4.90 Å². The van der Waals surface area contributed by atoms with Crippen LogP contribution >= 0.6 is 11.3 Å². The fourth-order valence-electron chi connectivity index (χ4n) is 3.24. The van der Waals surface area contributed by atoms with Crippen molar-refractivity contribution in [2.45, 2.75) is 31.0 Å². The smallest absolute Gasteiger partial charge is 0.340 e. The molecule has 0 radical (unpaired) electrons. The Labute approximate surface area is 174 Å². The summed E-state index contributed by atoms with van der Waals surface area (Å²) in [7, 11) is -2.97. The summed E-state index contributed by atoms with van der Waals surface area (Å²) in [6.45, 7) is 6.33. The number of fused-ring (bicyclic) bond motifs is 1. The first-order valence-electron chi connectivity index (χ1n) is 9.14. The fourth-order valence-corrected chi connectivity index (χ4v) is 6.15. The number of rotatable bonds is 6. The van der Waals surface area contributed by atoms with Crippen LogP contribution in [0.3, 0.4) is 0 Å². The first kappa shape index (κ1) is 21.5. The second kappa shape index (κ2) is 8.64. The van der Waals surface area contributed by atoms with Crippen LogP contribution in [0.2, 0.25) is 0 Å². The van der Waals surface area contributed by atoms with Crippen molar-refractivity contribution in [2.75, 3.05) is 20.2 Å². The molecule has 3 rings (SSSR count). The van der Waals surface area contributed by atoms with Gasteiger partial charge in [0.15, 0.2) is 0 Å². The number of allylic oxidation sites excluding steroid dienone is 1. The molecule has 9 heteroatoms. The van der Waals surface area contributed by atoms with Gasteiger partial charge in [0.05, 0.1) is 30.6 Å². The first-order valence-corrected chi connectivity index (χ1v) is 11.4. The number of carbonyl (C=O) groups is 1. The van der Waals surface area contributed by atoms with E-state index in [1.54, 1.807) is 0 Å². The number of methoxy groups -OCH3 is 1. The highest BCUT2D eigenvalue weighted by molar-refractivity contribution is 7.96. The molecular formula is C20H23FN2O4S2. The summed E-state index contributed by atoms with van der Waals surface area (Å²) in [4.78, 5) is 14.6. The highest BCUT2D eigenvalue weighted by Crippen LogP contribution is 2.39. The van der Waals surface area contributed by atoms with Crippen molar-refractivity contribution in [3.05, 3.63) is 62.5 Å². The Morgan fingerprint density at radius 1 is 1.38 bits per heavy atom. The lowest BCUT2D eigenvalue weighted by Crippen LogP contribution is -3.11. The van der Waals surface area contributed by atoms with Crippen LogP contribution in [0.1, 0.15) is 34.6 Å². The molecule has 1 N–H and O–H groups in total. The lowest BCUT2D eigenvalue weighted by Gasteiger charge is -2.23.